The van der Waals surface area contributed by atoms with Gasteiger partial charge in [0.2, 0.25) is 5.91 Å². The van der Waals surface area contributed by atoms with Gasteiger partial charge in [0.15, 0.2) is 0 Å². The van der Waals surface area contributed by atoms with Crippen LogP contribution in [-0.2, 0) is 14.3 Å². The molecule has 0 saturated heterocycles. The summed E-state index contributed by atoms with van der Waals surface area (Å²) in [6, 6.07) is 0. The van der Waals surface area contributed by atoms with Gasteiger partial charge in [-0.3, -0.25) is 4.79 Å². The van der Waals surface area contributed by atoms with E-state index in [1.807, 2.05) is 0 Å². The molecule has 0 rings (SSSR count). The van der Waals surface area contributed by atoms with Crippen molar-refractivity contribution in [2.24, 2.45) is 0 Å². The van der Waals surface area contributed by atoms with E-state index < -0.39 is 0 Å². The minimum absolute atomic E-state index is 0.0398. The van der Waals surface area contributed by atoms with Gasteiger partial charge in [-0.25, -0.2) is 0 Å². The second-order valence-corrected chi connectivity index (χ2v) is 3.72. The Morgan fingerprint density at radius 1 is 1.00 bits per heavy atom. The molecule has 96 valence electrons. The van der Waals surface area contributed by atoms with E-state index in [0.717, 1.165) is 38.8 Å². The number of hydrogen-bond donors (Lipinski definition) is 1. The predicted molar refractivity (Wildman–Crippen MR) is 64.5 cm³/mol. The molecular formula is C12H25NO3. The van der Waals surface area contributed by atoms with Gasteiger partial charge in [-0.15, -0.1) is 0 Å². The van der Waals surface area contributed by atoms with E-state index in [9.17, 15) is 4.79 Å². The SMILES string of the molecule is CCCCNC(=O)COCCOCCCC. The fourth-order valence-electron chi connectivity index (χ4n) is 1.09. The maximum Gasteiger partial charge on any atom is 0.245 e. The minimum atomic E-state index is -0.0398. The Balaban J connectivity index is 3.09. The van der Waals surface area contributed by atoms with Crippen LogP contribution in [0.5, 0.6) is 0 Å². The summed E-state index contributed by atoms with van der Waals surface area (Å²) in [5.74, 6) is -0.0398. The molecule has 4 nitrogen and oxygen atoms in total. The van der Waals surface area contributed by atoms with Crippen LogP contribution >= 0.6 is 0 Å². The zero-order valence-corrected chi connectivity index (χ0v) is 10.6. The number of nitrogens with one attached hydrogen (secondary N) is 1. The summed E-state index contributed by atoms with van der Waals surface area (Å²) in [7, 11) is 0. The van der Waals surface area contributed by atoms with Crippen molar-refractivity contribution in [2.75, 3.05) is 33.0 Å². The van der Waals surface area contributed by atoms with Gasteiger partial charge in [-0.1, -0.05) is 26.7 Å². The minimum Gasteiger partial charge on any atom is -0.379 e. The van der Waals surface area contributed by atoms with Gasteiger partial charge in [0.1, 0.15) is 6.61 Å². The molecule has 1 amide bonds. The van der Waals surface area contributed by atoms with E-state index >= 15 is 0 Å². The molecule has 0 atom stereocenters. The maximum atomic E-state index is 11.2. The Hall–Kier alpha value is -0.610. The molecule has 16 heavy (non-hydrogen) atoms. The number of amides is 1. The van der Waals surface area contributed by atoms with Crippen LogP contribution in [0.3, 0.4) is 0 Å². The highest BCUT2D eigenvalue weighted by Crippen LogP contribution is 1.88. The zero-order chi connectivity index (χ0) is 12.1. The third-order valence-corrected chi connectivity index (χ3v) is 2.10. The first-order chi connectivity index (χ1) is 7.81. The Morgan fingerprint density at radius 3 is 2.38 bits per heavy atom. The van der Waals surface area contributed by atoms with Crippen LogP contribution < -0.4 is 5.32 Å². The summed E-state index contributed by atoms with van der Waals surface area (Å²) < 4.78 is 10.5. The quantitative estimate of drug-likeness (QED) is 0.551. The summed E-state index contributed by atoms with van der Waals surface area (Å²) in [4.78, 5) is 11.2. The Morgan fingerprint density at radius 2 is 1.69 bits per heavy atom. The molecule has 0 aliphatic heterocycles. The van der Waals surface area contributed by atoms with Crippen LogP contribution in [-0.4, -0.2) is 38.9 Å². The van der Waals surface area contributed by atoms with Crippen molar-refractivity contribution in [3.05, 3.63) is 0 Å². The second-order valence-electron chi connectivity index (χ2n) is 3.72. The Kier molecular flexibility index (Phi) is 12.0. The number of carbonyl (C=O) groups is 1. The molecule has 0 aromatic rings. The maximum absolute atomic E-state index is 11.2. The van der Waals surface area contributed by atoms with Crippen LogP contribution in [0, 0.1) is 0 Å². The summed E-state index contributed by atoms with van der Waals surface area (Å²) in [6.07, 6.45) is 4.33. The number of carbonyl (C=O) groups excluding carboxylic acids is 1. The molecule has 0 aromatic heterocycles. The van der Waals surface area contributed by atoms with Crippen LogP contribution in [0.4, 0.5) is 0 Å². The smallest absolute Gasteiger partial charge is 0.245 e. The predicted octanol–water partition coefficient (Wildman–Crippen LogP) is 1.74. The van der Waals surface area contributed by atoms with Crippen molar-refractivity contribution in [1.82, 2.24) is 5.32 Å². The van der Waals surface area contributed by atoms with Crippen molar-refractivity contribution in [1.29, 1.82) is 0 Å². The monoisotopic (exact) mass is 231 g/mol. The molecule has 0 aliphatic carbocycles. The molecule has 0 saturated carbocycles. The van der Waals surface area contributed by atoms with Gasteiger partial charge < -0.3 is 14.8 Å². The lowest BCUT2D eigenvalue weighted by Crippen LogP contribution is -2.28. The average Bonchev–Trinajstić information content (AvgIpc) is 2.28. The van der Waals surface area contributed by atoms with E-state index in [1.165, 1.54) is 0 Å². The summed E-state index contributed by atoms with van der Waals surface area (Å²) in [5, 5.41) is 2.79. The van der Waals surface area contributed by atoms with Gasteiger partial charge in [0.25, 0.3) is 0 Å². The molecule has 1 N–H and O–H groups in total. The number of rotatable bonds is 11. The normalized spacial score (nSPS) is 10.4. The first-order valence-corrected chi connectivity index (χ1v) is 6.23. The fraction of sp³-hybridized carbons (Fsp3) is 0.917. The second kappa shape index (κ2) is 12.5. The van der Waals surface area contributed by atoms with Crippen LogP contribution in [0.1, 0.15) is 39.5 Å². The van der Waals surface area contributed by atoms with Crippen molar-refractivity contribution in [3.8, 4) is 0 Å². The van der Waals surface area contributed by atoms with E-state index in [4.69, 9.17) is 9.47 Å². The highest BCUT2D eigenvalue weighted by Gasteiger charge is 1.99. The lowest BCUT2D eigenvalue weighted by molar-refractivity contribution is -0.126. The highest BCUT2D eigenvalue weighted by molar-refractivity contribution is 5.77. The molecule has 0 fully saturated rings. The van der Waals surface area contributed by atoms with Crippen molar-refractivity contribution < 1.29 is 14.3 Å². The third kappa shape index (κ3) is 11.5. The number of ether oxygens (including phenoxy) is 2. The molecule has 0 unspecified atom stereocenters. The molecule has 0 aliphatic rings. The largest absolute Gasteiger partial charge is 0.379 e. The van der Waals surface area contributed by atoms with Crippen molar-refractivity contribution >= 4 is 5.91 Å². The van der Waals surface area contributed by atoms with Gasteiger partial charge in [0, 0.05) is 13.2 Å². The van der Waals surface area contributed by atoms with Gasteiger partial charge in [0.05, 0.1) is 13.2 Å². The zero-order valence-electron chi connectivity index (χ0n) is 10.6. The fourth-order valence-corrected chi connectivity index (χ4v) is 1.09. The van der Waals surface area contributed by atoms with Crippen LogP contribution in [0.25, 0.3) is 0 Å². The first-order valence-electron chi connectivity index (χ1n) is 6.23. The molecule has 4 heteroatoms. The number of unbranched alkanes of at least 4 members (excludes halogenated alkanes) is 2. The molecule has 0 bridgehead atoms. The van der Waals surface area contributed by atoms with Crippen LogP contribution in [0.15, 0.2) is 0 Å². The molecule has 0 aromatic carbocycles. The van der Waals surface area contributed by atoms with Gasteiger partial charge in [-0.2, -0.15) is 0 Å². The van der Waals surface area contributed by atoms with Crippen LogP contribution in [0.2, 0.25) is 0 Å². The molecule has 0 heterocycles. The molecule has 0 spiro atoms. The van der Waals surface area contributed by atoms with E-state index in [0.29, 0.717) is 13.2 Å². The Labute approximate surface area is 98.7 Å². The van der Waals surface area contributed by atoms with E-state index in [-0.39, 0.29) is 12.5 Å². The first kappa shape index (κ1) is 15.4. The topological polar surface area (TPSA) is 47.6 Å². The summed E-state index contributed by atoms with van der Waals surface area (Å²) in [5.41, 5.74) is 0. The molecular weight excluding hydrogens is 206 g/mol. The van der Waals surface area contributed by atoms with Gasteiger partial charge >= 0.3 is 0 Å². The summed E-state index contributed by atoms with van der Waals surface area (Å²) in [6.45, 7) is 6.94. The molecule has 0 radical (unpaired) electrons. The Bertz CT molecular complexity index is 162. The average molecular weight is 231 g/mol. The van der Waals surface area contributed by atoms with Crippen molar-refractivity contribution in [3.63, 3.8) is 0 Å². The standard InChI is InChI=1S/C12H25NO3/c1-3-5-7-13-12(14)11-16-10-9-15-8-6-4-2/h3-11H2,1-2H3,(H,13,14). The lowest BCUT2D eigenvalue weighted by Gasteiger charge is -2.06. The van der Waals surface area contributed by atoms with Crippen molar-refractivity contribution in [2.45, 2.75) is 39.5 Å². The van der Waals surface area contributed by atoms with Gasteiger partial charge in [-0.05, 0) is 12.8 Å². The van der Waals surface area contributed by atoms with E-state index in [2.05, 4.69) is 19.2 Å². The third-order valence-electron chi connectivity index (χ3n) is 2.10. The summed E-state index contributed by atoms with van der Waals surface area (Å²) >= 11 is 0. The highest BCUT2D eigenvalue weighted by atomic mass is 16.5. The number of hydrogen-bond acceptors (Lipinski definition) is 3. The van der Waals surface area contributed by atoms with E-state index in [1.54, 1.807) is 0 Å². The lowest BCUT2D eigenvalue weighted by atomic mass is 10.3.